The number of nitrogens with one attached hydrogen (secondary N) is 2. The van der Waals surface area contributed by atoms with Gasteiger partial charge in [0.1, 0.15) is 0 Å². The highest BCUT2D eigenvalue weighted by Gasteiger charge is 2.21. The molecular weight excluding hydrogens is 318 g/mol. The van der Waals surface area contributed by atoms with Crippen LogP contribution in [0.25, 0.3) is 0 Å². The predicted octanol–water partition coefficient (Wildman–Crippen LogP) is 1.90. The number of urea groups is 1. The van der Waals surface area contributed by atoms with E-state index in [4.69, 9.17) is 0 Å². The topological polar surface area (TPSA) is 79.3 Å². The lowest BCUT2D eigenvalue weighted by Crippen LogP contribution is -2.42. The largest absolute Gasteiger partial charge is 0.334 e. The summed E-state index contributed by atoms with van der Waals surface area (Å²) >= 11 is 0. The van der Waals surface area contributed by atoms with Gasteiger partial charge in [-0.15, -0.1) is 0 Å². The summed E-state index contributed by atoms with van der Waals surface area (Å²) in [5, 5.41) is 9.87. The number of benzene rings is 1. The first kappa shape index (κ1) is 17.0. The SMILES string of the molecule is C[C@H](Cn1cccn1)NC(=O)NCc1cccc(N2CCCC2=O)c1. The molecule has 0 bridgehead atoms. The van der Waals surface area contributed by atoms with E-state index in [-0.39, 0.29) is 18.0 Å². The third-order valence-corrected chi connectivity index (χ3v) is 4.15. The van der Waals surface area contributed by atoms with Gasteiger partial charge >= 0.3 is 6.03 Å². The molecule has 25 heavy (non-hydrogen) atoms. The minimum atomic E-state index is -0.220. The molecule has 1 atom stereocenters. The van der Waals surface area contributed by atoms with E-state index in [1.165, 1.54) is 0 Å². The summed E-state index contributed by atoms with van der Waals surface area (Å²) in [6.07, 6.45) is 5.09. The Morgan fingerprint density at radius 3 is 2.96 bits per heavy atom. The van der Waals surface area contributed by atoms with Gasteiger partial charge in [0, 0.05) is 43.6 Å². The van der Waals surface area contributed by atoms with Crippen LogP contribution in [0.2, 0.25) is 0 Å². The highest BCUT2D eigenvalue weighted by atomic mass is 16.2. The molecule has 7 nitrogen and oxygen atoms in total. The van der Waals surface area contributed by atoms with Crippen molar-refractivity contribution >= 4 is 17.6 Å². The number of carbonyl (C=O) groups excluding carboxylic acids is 2. The first-order chi connectivity index (χ1) is 12.1. The third kappa shape index (κ3) is 4.59. The van der Waals surface area contributed by atoms with Crippen molar-refractivity contribution in [3.8, 4) is 0 Å². The van der Waals surface area contributed by atoms with Gasteiger partial charge < -0.3 is 15.5 Å². The lowest BCUT2D eigenvalue weighted by atomic mass is 10.2. The van der Waals surface area contributed by atoms with Crippen LogP contribution in [0.5, 0.6) is 0 Å². The normalized spacial score (nSPS) is 15.2. The van der Waals surface area contributed by atoms with Crippen LogP contribution in [0, 0.1) is 0 Å². The predicted molar refractivity (Wildman–Crippen MR) is 95.1 cm³/mol. The number of rotatable bonds is 6. The smallest absolute Gasteiger partial charge is 0.315 e. The number of hydrogen-bond acceptors (Lipinski definition) is 3. The monoisotopic (exact) mass is 341 g/mol. The fourth-order valence-electron chi connectivity index (χ4n) is 2.95. The van der Waals surface area contributed by atoms with Crippen LogP contribution in [-0.4, -0.2) is 34.3 Å². The Kier molecular flexibility index (Phi) is 5.33. The van der Waals surface area contributed by atoms with Crippen LogP contribution in [0.4, 0.5) is 10.5 Å². The summed E-state index contributed by atoms with van der Waals surface area (Å²) in [7, 11) is 0. The van der Waals surface area contributed by atoms with Gasteiger partial charge in [-0.1, -0.05) is 12.1 Å². The summed E-state index contributed by atoms with van der Waals surface area (Å²) in [6, 6.07) is 9.34. The fourth-order valence-corrected chi connectivity index (χ4v) is 2.95. The minimum absolute atomic E-state index is 0.0338. The molecule has 7 heteroatoms. The molecule has 3 amide bonds. The standard InChI is InChI=1S/C18H23N5O2/c1-14(13-22-9-4-8-20-22)21-18(25)19-12-15-5-2-6-16(11-15)23-10-3-7-17(23)24/h2,4-6,8-9,11,14H,3,7,10,12-13H2,1H3,(H2,19,21,25)/t14-/m1/s1. The van der Waals surface area contributed by atoms with Gasteiger partial charge in [0.05, 0.1) is 6.54 Å². The Labute approximate surface area is 147 Å². The lowest BCUT2D eigenvalue weighted by molar-refractivity contribution is -0.117. The number of aromatic nitrogens is 2. The molecule has 0 aliphatic carbocycles. The second-order valence-electron chi connectivity index (χ2n) is 6.27. The number of amides is 3. The molecule has 1 aromatic heterocycles. The Morgan fingerprint density at radius 1 is 1.36 bits per heavy atom. The summed E-state index contributed by atoms with van der Waals surface area (Å²) < 4.78 is 1.78. The molecule has 2 N–H and O–H groups in total. The molecule has 2 heterocycles. The molecule has 1 fully saturated rings. The van der Waals surface area contributed by atoms with Crippen LogP contribution >= 0.6 is 0 Å². The summed E-state index contributed by atoms with van der Waals surface area (Å²) in [5.41, 5.74) is 1.86. The highest BCUT2D eigenvalue weighted by Crippen LogP contribution is 2.22. The van der Waals surface area contributed by atoms with Gasteiger partial charge in [-0.25, -0.2) is 4.79 Å². The van der Waals surface area contributed by atoms with Crippen molar-refractivity contribution in [2.75, 3.05) is 11.4 Å². The van der Waals surface area contributed by atoms with Gasteiger partial charge in [-0.05, 0) is 37.1 Å². The molecule has 0 radical (unpaired) electrons. The molecule has 0 saturated carbocycles. The Hall–Kier alpha value is -2.83. The average Bonchev–Trinajstić information content (AvgIpc) is 3.24. The summed E-state index contributed by atoms with van der Waals surface area (Å²) in [6.45, 7) is 3.73. The molecule has 2 aromatic rings. The van der Waals surface area contributed by atoms with Crippen LogP contribution in [0.15, 0.2) is 42.7 Å². The highest BCUT2D eigenvalue weighted by molar-refractivity contribution is 5.95. The van der Waals surface area contributed by atoms with E-state index in [2.05, 4.69) is 15.7 Å². The van der Waals surface area contributed by atoms with Crippen molar-refractivity contribution in [3.63, 3.8) is 0 Å². The number of carbonyl (C=O) groups is 2. The van der Waals surface area contributed by atoms with Gasteiger partial charge in [-0.3, -0.25) is 9.48 Å². The maximum atomic E-state index is 12.0. The van der Waals surface area contributed by atoms with E-state index in [0.29, 0.717) is 19.5 Å². The first-order valence-electron chi connectivity index (χ1n) is 8.53. The fraction of sp³-hybridized carbons (Fsp3) is 0.389. The van der Waals surface area contributed by atoms with E-state index in [1.54, 1.807) is 15.8 Å². The zero-order valence-corrected chi connectivity index (χ0v) is 14.3. The maximum absolute atomic E-state index is 12.0. The van der Waals surface area contributed by atoms with Crippen LogP contribution in [0.3, 0.4) is 0 Å². The maximum Gasteiger partial charge on any atom is 0.315 e. The molecule has 0 spiro atoms. The van der Waals surface area contributed by atoms with Gasteiger partial charge in [0.25, 0.3) is 0 Å². The van der Waals surface area contributed by atoms with Crippen molar-refractivity contribution < 1.29 is 9.59 Å². The van der Waals surface area contributed by atoms with Gasteiger partial charge in [0.15, 0.2) is 0 Å². The van der Waals surface area contributed by atoms with E-state index in [9.17, 15) is 9.59 Å². The summed E-state index contributed by atoms with van der Waals surface area (Å²) in [4.78, 5) is 25.7. The number of nitrogens with zero attached hydrogens (tertiary/aromatic N) is 3. The van der Waals surface area contributed by atoms with E-state index in [1.807, 2.05) is 43.5 Å². The lowest BCUT2D eigenvalue weighted by Gasteiger charge is -2.17. The Bertz CT molecular complexity index is 729. The van der Waals surface area contributed by atoms with Crippen molar-refractivity contribution in [2.24, 2.45) is 0 Å². The molecule has 1 aliphatic rings. The van der Waals surface area contributed by atoms with Crippen molar-refractivity contribution in [1.29, 1.82) is 0 Å². The van der Waals surface area contributed by atoms with E-state index < -0.39 is 0 Å². The second-order valence-corrected chi connectivity index (χ2v) is 6.27. The van der Waals surface area contributed by atoms with E-state index in [0.717, 1.165) is 24.2 Å². The third-order valence-electron chi connectivity index (χ3n) is 4.15. The number of hydrogen-bond donors (Lipinski definition) is 2. The van der Waals surface area contributed by atoms with Crippen LogP contribution < -0.4 is 15.5 Å². The first-order valence-corrected chi connectivity index (χ1v) is 8.53. The summed E-state index contributed by atoms with van der Waals surface area (Å²) in [5.74, 6) is 0.162. The number of anilines is 1. The molecule has 1 saturated heterocycles. The van der Waals surface area contributed by atoms with Gasteiger partial charge in [0.2, 0.25) is 5.91 Å². The quantitative estimate of drug-likeness (QED) is 0.842. The molecule has 132 valence electrons. The van der Waals surface area contributed by atoms with Gasteiger partial charge in [-0.2, -0.15) is 5.10 Å². The Morgan fingerprint density at radius 2 is 2.24 bits per heavy atom. The average molecular weight is 341 g/mol. The van der Waals surface area contributed by atoms with Crippen LogP contribution in [-0.2, 0) is 17.9 Å². The Balaban J connectivity index is 1.49. The molecule has 0 unspecified atom stereocenters. The molecule has 1 aliphatic heterocycles. The second kappa shape index (κ2) is 7.83. The zero-order chi connectivity index (χ0) is 17.6. The molecule has 3 rings (SSSR count). The van der Waals surface area contributed by atoms with E-state index >= 15 is 0 Å². The minimum Gasteiger partial charge on any atom is -0.334 e. The van der Waals surface area contributed by atoms with Crippen LogP contribution in [0.1, 0.15) is 25.3 Å². The van der Waals surface area contributed by atoms with Crippen molar-refractivity contribution in [3.05, 3.63) is 48.3 Å². The van der Waals surface area contributed by atoms with Crippen molar-refractivity contribution in [1.82, 2.24) is 20.4 Å². The zero-order valence-electron chi connectivity index (χ0n) is 14.3. The molecule has 1 aromatic carbocycles. The molecular formula is C18H23N5O2. The van der Waals surface area contributed by atoms with Crippen molar-refractivity contribution in [2.45, 2.75) is 38.9 Å².